The van der Waals surface area contributed by atoms with Crippen LogP contribution in [0, 0.1) is 5.82 Å². The highest BCUT2D eigenvalue weighted by molar-refractivity contribution is 5.76. The molecule has 0 aliphatic carbocycles. The van der Waals surface area contributed by atoms with E-state index in [2.05, 4.69) is 10.4 Å². The summed E-state index contributed by atoms with van der Waals surface area (Å²) in [6.45, 7) is 2.19. The maximum absolute atomic E-state index is 13.1. The van der Waals surface area contributed by atoms with Gasteiger partial charge in [-0.25, -0.2) is 8.91 Å². The lowest BCUT2D eigenvalue weighted by Gasteiger charge is -2.14. The van der Waals surface area contributed by atoms with Gasteiger partial charge in [0.2, 0.25) is 5.91 Å². The Morgan fingerprint density at radius 2 is 1.83 bits per heavy atom. The molecule has 0 radical (unpaired) electrons. The van der Waals surface area contributed by atoms with Crippen molar-refractivity contribution >= 4 is 11.4 Å². The standard InChI is InChI=1S/C23H21FN4O2/c1-16(17-5-3-2-4-6-17)25-22(29)11-12-27-13-14-28-21(23(27)30)15-20(26-28)18-7-9-19(24)10-8-18/h2-10,13-16H,11-12H2,1H3,(H,25,29). The van der Waals surface area contributed by atoms with Crippen LogP contribution in [0.2, 0.25) is 0 Å². The van der Waals surface area contributed by atoms with Gasteiger partial charge >= 0.3 is 0 Å². The first kappa shape index (κ1) is 19.6. The van der Waals surface area contributed by atoms with Gasteiger partial charge in [0.1, 0.15) is 11.3 Å². The second-order valence-corrected chi connectivity index (χ2v) is 7.11. The molecule has 4 rings (SSSR count). The third-order valence-electron chi connectivity index (χ3n) is 5.00. The van der Waals surface area contributed by atoms with Gasteiger partial charge in [0.05, 0.1) is 11.7 Å². The molecule has 2 heterocycles. The lowest BCUT2D eigenvalue weighted by Crippen LogP contribution is -2.29. The maximum atomic E-state index is 13.1. The van der Waals surface area contributed by atoms with Crippen LogP contribution in [0.5, 0.6) is 0 Å². The van der Waals surface area contributed by atoms with Gasteiger partial charge < -0.3 is 9.88 Å². The van der Waals surface area contributed by atoms with Crippen LogP contribution < -0.4 is 10.9 Å². The average molecular weight is 404 g/mol. The molecule has 0 saturated heterocycles. The summed E-state index contributed by atoms with van der Waals surface area (Å²) in [6.07, 6.45) is 3.48. The molecule has 0 spiro atoms. The van der Waals surface area contributed by atoms with Crippen molar-refractivity contribution in [2.24, 2.45) is 0 Å². The molecule has 2 aromatic carbocycles. The van der Waals surface area contributed by atoms with E-state index >= 15 is 0 Å². The van der Waals surface area contributed by atoms with Crippen LogP contribution in [-0.4, -0.2) is 20.1 Å². The number of aromatic nitrogens is 3. The van der Waals surface area contributed by atoms with E-state index in [-0.39, 0.29) is 36.3 Å². The first-order valence-electron chi connectivity index (χ1n) is 9.70. The minimum Gasteiger partial charge on any atom is -0.350 e. The minimum absolute atomic E-state index is 0.106. The molecule has 0 fully saturated rings. The number of nitrogens with one attached hydrogen (secondary N) is 1. The Morgan fingerprint density at radius 3 is 2.57 bits per heavy atom. The van der Waals surface area contributed by atoms with Gasteiger partial charge in [0.15, 0.2) is 0 Å². The first-order chi connectivity index (χ1) is 14.5. The van der Waals surface area contributed by atoms with Crippen molar-refractivity contribution in [3.63, 3.8) is 0 Å². The minimum atomic E-state index is -0.329. The van der Waals surface area contributed by atoms with E-state index in [1.807, 2.05) is 37.3 Å². The Morgan fingerprint density at radius 1 is 1.10 bits per heavy atom. The van der Waals surface area contributed by atoms with Crippen LogP contribution in [0.25, 0.3) is 16.8 Å². The first-order valence-corrected chi connectivity index (χ1v) is 9.70. The number of carbonyl (C=O) groups is 1. The maximum Gasteiger partial charge on any atom is 0.276 e. The lowest BCUT2D eigenvalue weighted by molar-refractivity contribution is -0.121. The molecule has 0 aliphatic heterocycles. The molecule has 0 aliphatic rings. The van der Waals surface area contributed by atoms with Crippen molar-refractivity contribution in [3.05, 3.63) is 94.8 Å². The van der Waals surface area contributed by atoms with Crippen molar-refractivity contribution < 1.29 is 9.18 Å². The molecule has 1 N–H and O–H groups in total. The summed E-state index contributed by atoms with van der Waals surface area (Å²) in [5, 5.41) is 7.34. The van der Waals surface area contributed by atoms with Gasteiger partial charge in [-0.15, -0.1) is 0 Å². The van der Waals surface area contributed by atoms with Crippen LogP contribution in [-0.2, 0) is 11.3 Å². The molecule has 1 amide bonds. The Hall–Kier alpha value is -3.74. The number of carbonyl (C=O) groups excluding carboxylic acids is 1. The second-order valence-electron chi connectivity index (χ2n) is 7.11. The number of rotatable bonds is 6. The molecule has 1 unspecified atom stereocenters. The predicted molar refractivity (Wildman–Crippen MR) is 112 cm³/mol. The summed E-state index contributed by atoms with van der Waals surface area (Å²) in [6, 6.07) is 17.2. The fourth-order valence-electron chi connectivity index (χ4n) is 3.32. The summed E-state index contributed by atoms with van der Waals surface area (Å²) in [5.74, 6) is -0.455. The van der Waals surface area contributed by atoms with Crippen molar-refractivity contribution in [1.29, 1.82) is 0 Å². The summed E-state index contributed by atoms with van der Waals surface area (Å²) in [7, 11) is 0. The molecule has 30 heavy (non-hydrogen) atoms. The smallest absolute Gasteiger partial charge is 0.276 e. The van der Waals surface area contributed by atoms with Crippen LogP contribution in [0.1, 0.15) is 24.9 Å². The number of hydrogen-bond donors (Lipinski definition) is 1. The Kier molecular flexibility index (Phi) is 5.43. The molecule has 1 atom stereocenters. The van der Waals surface area contributed by atoms with E-state index in [1.165, 1.54) is 21.2 Å². The molecule has 0 saturated carbocycles. The Labute approximate surface area is 172 Å². The molecular weight excluding hydrogens is 383 g/mol. The van der Waals surface area contributed by atoms with Crippen molar-refractivity contribution in [1.82, 2.24) is 19.5 Å². The zero-order valence-electron chi connectivity index (χ0n) is 16.5. The SMILES string of the molecule is CC(NC(=O)CCn1ccn2nc(-c3ccc(F)cc3)cc2c1=O)c1ccccc1. The summed E-state index contributed by atoms with van der Waals surface area (Å²) in [5.41, 5.74) is 2.49. The second kappa shape index (κ2) is 8.32. The zero-order valence-corrected chi connectivity index (χ0v) is 16.5. The molecule has 4 aromatic rings. The monoisotopic (exact) mass is 404 g/mol. The van der Waals surface area contributed by atoms with E-state index < -0.39 is 0 Å². The van der Waals surface area contributed by atoms with Crippen molar-refractivity contribution in [3.8, 4) is 11.3 Å². The Balaban J connectivity index is 1.47. The van der Waals surface area contributed by atoms with Crippen molar-refractivity contribution in [2.75, 3.05) is 0 Å². The van der Waals surface area contributed by atoms with E-state index in [9.17, 15) is 14.0 Å². The molecule has 152 valence electrons. The van der Waals surface area contributed by atoms with Gasteiger partial charge in [-0.3, -0.25) is 9.59 Å². The third-order valence-corrected chi connectivity index (χ3v) is 5.00. The van der Waals surface area contributed by atoms with Gasteiger partial charge in [-0.2, -0.15) is 5.10 Å². The highest BCUT2D eigenvalue weighted by Gasteiger charge is 2.12. The number of amides is 1. The predicted octanol–water partition coefficient (Wildman–Crippen LogP) is 3.57. The molecule has 0 bridgehead atoms. The number of hydrogen-bond acceptors (Lipinski definition) is 3. The molecule has 7 heteroatoms. The zero-order chi connectivity index (χ0) is 21.1. The topological polar surface area (TPSA) is 68.4 Å². The Bertz CT molecular complexity index is 1230. The highest BCUT2D eigenvalue weighted by Crippen LogP contribution is 2.18. The van der Waals surface area contributed by atoms with Gasteiger partial charge in [0, 0.05) is 30.9 Å². The largest absolute Gasteiger partial charge is 0.350 e. The number of aryl methyl sites for hydroxylation is 1. The third kappa shape index (κ3) is 4.15. The van der Waals surface area contributed by atoms with Gasteiger partial charge in [-0.1, -0.05) is 30.3 Å². The fraction of sp³-hybridized carbons (Fsp3) is 0.174. The van der Waals surface area contributed by atoms with Crippen LogP contribution in [0.4, 0.5) is 4.39 Å². The fourth-order valence-corrected chi connectivity index (χ4v) is 3.32. The highest BCUT2D eigenvalue weighted by atomic mass is 19.1. The number of benzene rings is 2. The summed E-state index contributed by atoms with van der Waals surface area (Å²) < 4.78 is 16.1. The quantitative estimate of drug-likeness (QED) is 0.534. The molecule has 2 aromatic heterocycles. The van der Waals surface area contributed by atoms with Crippen LogP contribution in [0.15, 0.2) is 77.9 Å². The summed E-state index contributed by atoms with van der Waals surface area (Å²) in [4.78, 5) is 25.1. The number of fused-ring (bicyclic) bond motifs is 1. The van der Waals surface area contributed by atoms with Gasteiger partial charge in [0.25, 0.3) is 5.56 Å². The normalized spacial score (nSPS) is 12.1. The summed E-state index contributed by atoms with van der Waals surface area (Å²) >= 11 is 0. The average Bonchev–Trinajstić information content (AvgIpc) is 3.19. The van der Waals surface area contributed by atoms with Crippen LogP contribution in [0.3, 0.4) is 0 Å². The van der Waals surface area contributed by atoms with Crippen molar-refractivity contribution in [2.45, 2.75) is 25.9 Å². The van der Waals surface area contributed by atoms with E-state index in [4.69, 9.17) is 0 Å². The van der Waals surface area contributed by atoms with Crippen LogP contribution >= 0.6 is 0 Å². The number of halogens is 1. The van der Waals surface area contributed by atoms with E-state index in [0.717, 1.165) is 11.1 Å². The van der Waals surface area contributed by atoms with Gasteiger partial charge in [-0.05, 0) is 42.8 Å². The van der Waals surface area contributed by atoms with E-state index in [1.54, 1.807) is 30.6 Å². The number of nitrogens with zero attached hydrogens (tertiary/aromatic N) is 3. The molecular formula is C23H21FN4O2. The van der Waals surface area contributed by atoms with E-state index in [0.29, 0.717) is 11.2 Å². The molecule has 6 nitrogen and oxygen atoms in total. The lowest BCUT2D eigenvalue weighted by atomic mass is 10.1.